The van der Waals surface area contributed by atoms with Gasteiger partial charge in [0, 0.05) is 18.0 Å². The molecule has 0 aliphatic carbocycles. The summed E-state index contributed by atoms with van der Waals surface area (Å²) in [6.45, 7) is -0.222. The van der Waals surface area contributed by atoms with Crippen molar-refractivity contribution in [3.05, 3.63) is 78.1 Å². The van der Waals surface area contributed by atoms with Gasteiger partial charge in [-0.15, -0.1) is 0 Å². The molecule has 1 aliphatic heterocycles. The summed E-state index contributed by atoms with van der Waals surface area (Å²) in [4.78, 5) is 40.4. The van der Waals surface area contributed by atoms with E-state index in [1.54, 1.807) is 55.6 Å². The minimum atomic E-state index is -0.884. The molecule has 3 rings (SSSR count). The van der Waals surface area contributed by atoms with Gasteiger partial charge < -0.3 is 14.4 Å². The van der Waals surface area contributed by atoms with Crippen molar-refractivity contribution < 1.29 is 23.9 Å². The van der Waals surface area contributed by atoms with Crippen molar-refractivity contribution in [2.24, 2.45) is 0 Å². The maximum atomic E-state index is 13.1. The van der Waals surface area contributed by atoms with Crippen molar-refractivity contribution in [1.29, 1.82) is 0 Å². The van der Waals surface area contributed by atoms with Crippen LogP contribution in [0.5, 0.6) is 5.75 Å². The molecule has 0 saturated carbocycles. The van der Waals surface area contributed by atoms with E-state index < -0.39 is 12.0 Å². The van der Waals surface area contributed by atoms with Gasteiger partial charge >= 0.3 is 5.97 Å². The average Bonchev–Trinajstić information content (AvgIpc) is 2.75. The molecule has 2 aromatic carbocycles. The van der Waals surface area contributed by atoms with Crippen LogP contribution in [-0.4, -0.2) is 48.3 Å². The number of carbonyl (C=O) groups is 3. The van der Waals surface area contributed by atoms with Crippen molar-refractivity contribution in [3.63, 3.8) is 0 Å². The lowest BCUT2D eigenvalue weighted by molar-refractivity contribution is -0.147. The molecule has 0 N–H and O–H groups in total. The van der Waals surface area contributed by atoms with E-state index in [4.69, 9.17) is 4.74 Å². The highest BCUT2D eigenvalue weighted by atomic mass is 16.5. The van der Waals surface area contributed by atoms with Crippen LogP contribution in [-0.2, 0) is 14.3 Å². The second-order valence-electron chi connectivity index (χ2n) is 6.09. The number of hydrogen-bond acceptors (Lipinski definition) is 5. The van der Waals surface area contributed by atoms with E-state index in [1.807, 2.05) is 6.07 Å². The van der Waals surface area contributed by atoms with E-state index >= 15 is 0 Å². The smallest absolute Gasteiger partial charge is 0.325 e. The lowest BCUT2D eigenvalue weighted by atomic mass is 10.0. The number of hydrogen-bond donors (Lipinski definition) is 0. The molecular formula is C21H20N2O5. The number of ether oxygens (including phenoxy) is 2. The zero-order chi connectivity index (χ0) is 20.1. The van der Waals surface area contributed by atoms with Gasteiger partial charge in [0.15, 0.2) is 0 Å². The third kappa shape index (κ3) is 3.88. The predicted octanol–water partition coefficient (Wildman–Crippen LogP) is 2.37. The highest BCUT2D eigenvalue weighted by Gasteiger charge is 2.37. The Morgan fingerprint density at radius 2 is 1.64 bits per heavy atom. The summed E-state index contributed by atoms with van der Waals surface area (Å²) in [5.74, 6) is -0.634. The van der Waals surface area contributed by atoms with Crippen LogP contribution < -0.4 is 4.74 Å². The Labute approximate surface area is 162 Å². The van der Waals surface area contributed by atoms with E-state index in [9.17, 15) is 14.4 Å². The van der Waals surface area contributed by atoms with E-state index in [0.29, 0.717) is 16.9 Å². The molecule has 1 atom stereocenters. The number of nitrogens with zero attached hydrogens (tertiary/aromatic N) is 2. The first-order chi connectivity index (χ1) is 13.5. The maximum absolute atomic E-state index is 13.1. The zero-order valence-corrected chi connectivity index (χ0v) is 15.6. The molecule has 2 aromatic rings. The van der Waals surface area contributed by atoms with Crippen LogP contribution in [0.25, 0.3) is 0 Å². The topological polar surface area (TPSA) is 76.2 Å². The van der Waals surface area contributed by atoms with Crippen molar-refractivity contribution in [1.82, 2.24) is 9.80 Å². The van der Waals surface area contributed by atoms with Gasteiger partial charge in [-0.05, 0) is 29.8 Å². The monoisotopic (exact) mass is 380 g/mol. The molecule has 144 valence electrons. The van der Waals surface area contributed by atoms with Gasteiger partial charge in [-0.2, -0.15) is 0 Å². The Hall–Kier alpha value is -3.61. The molecule has 0 radical (unpaired) electrons. The third-order valence-corrected chi connectivity index (χ3v) is 4.42. The van der Waals surface area contributed by atoms with Crippen LogP contribution in [0.2, 0.25) is 0 Å². The van der Waals surface area contributed by atoms with Crippen LogP contribution in [0, 0.1) is 0 Å². The molecule has 0 bridgehead atoms. The lowest BCUT2D eigenvalue weighted by Crippen LogP contribution is -2.46. The Morgan fingerprint density at radius 1 is 0.964 bits per heavy atom. The Kier molecular flexibility index (Phi) is 5.74. The number of amides is 2. The van der Waals surface area contributed by atoms with Crippen LogP contribution in [0.4, 0.5) is 0 Å². The van der Waals surface area contributed by atoms with Crippen molar-refractivity contribution in [3.8, 4) is 5.75 Å². The van der Waals surface area contributed by atoms with E-state index in [2.05, 4.69) is 4.74 Å². The lowest BCUT2D eigenvalue weighted by Gasteiger charge is -2.35. The summed E-state index contributed by atoms with van der Waals surface area (Å²) >= 11 is 0. The van der Waals surface area contributed by atoms with Gasteiger partial charge in [0.25, 0.3) is 11.8 Å². The van der Waals surface area contributed by atoms with Crippen LogP contribution >= 0.6 is 0 Å². The molecule has 2 amide bonds. The van der Waals surface area contributed by atoms with Gasteiger partial charge in [-0.1, -0.05) is 30.3 Å². The van der Waals surface area contributed by atoms with Gasteiger partial charge in [0.05, 0.1) is 14.2 Å². The van der Waals surface area contributed by atoms with Gasteiger partial charge in [-0.3, -0.25) is 19.3 Å². The van der Waals surface area contributed by atoms with E-state index in [-0.39, 0.29) is 18.4 Å². The second-order valence-corrected chi connectivity index (χ2v) is 6.09. The molecule has 1 aliphatic rings. The number of rotatable bonds is 5. The van der Waals surface area contributed by atoms with Gasteiger partial charge in [0.1, 0.15) is 18.3 Å². The van der Waals surface area contributed by atoms with Crippen molar-refractivity contribution in [2.45, 2.75) is 6.04 Å². The molecule has 1 heterocycles. The fraction of sp³-hybridized carbons (Fsp3) is 0.190. The van der Waals surface area contributed by atoms with Crippen LogP contribution in [0.15, 0.2) is 67.0 Å². The fourth-order valence-corrected chi connectivity index (χ4v) is 2.93. The molecule has 7 heteroatoms. The molecular weight excluding hydrogens is 360 g/mol. The minimum absolute atomic E-state index is 0.222. The fourth-order valence-electron chi connectivity index (χ4n) is 2.93. The molecule has 1 unspecified atom stereocenters. The first-order valence-electron chi connectivity index (χ1n) is 8.62. The number of esters is 1. The van der Waals surface area contributed by atoms with Gasteiger partial charge in [0.2, 0.25) is 0 Å². The summed E-state index contributed by atoms with van der Waals surface area (Å²) in [6.07, 6.45) is 2.93. The Bertz CT molecular complexity index is 893. The standard InChI is InChI=1S/C21H20N2O5/c1-27-17-10-8-16(9-11-17)20(25)23-13-12-22(14-18(24)28-2)21(26)19(23)15-6-4-3-5-7-15/h3-13,19H,14H2,1-2H3. The third-order valence-electron chi connectivity index (χ3n) is 4.42. The average molecular weight is 380 g/mol. The zero-order valence-electron chi connectivity index (χ0n) is 15.6. The minimum Gasteiger partial charge on any atom is -0.497 e. The van der Waals surface area contributed by atoms with Crippen LogP contribution in [0.1, 0.15) is 22.0 Å². The van der Waals surface area contributed by atoms with Crippen molar-refractivity contribution >= 4 is 17.8 Å². The molecule has 28 heavy (non-hydrogen) atoms. The molecule has 7 nitrogen and oxygen atoms in total. The predicted molar refractivity (Wildman–Crippen MR) is 101 cm³/mol. The highest BCUT2D eigenvalue weighted by Crippen LogP contribution is 2.29. The van der Waals surface area contributed by atoms with Gasteiger partial charge in [-0.25, -0.2) is 0 Å². The Balaban J connectivity index is 1.96. The summed E-state index contributed by atoms with van der Waals surface area (Å²) < 4.78 is 9.77. The highest BCUT2D eigenvalue weighted by molar-refractivity contribution is 6.00. The van der Waals surface area contributed by atoms with Crippen LogP contribution in [0.3, 0.4) is 0 Å². The second kappa shape index (κ2) is 8.39. The Morgan fingerprint density at radius 3 is 2.25 bits per heavy atom. The van der Waals surface area contributed by atoms with E-state index in [0.717, 1.165) is 0 Å². The SMILES string of the molecule is COC(=O)CN1C=CN(C(=O)c2ccc(OC)cc2)C(c2ccccc2)C1=O. The summed E-state index contributed by atoms with van der Waals surface area (Å²) in [7, 11) is 2.80. The number of carbonyl (C=O) groups excluding carboxylic acids is 3. The van der Waals surface area contributed by atoms with E-state index in [1.165, 1.54) is 29.3 Å². The molecule has 0 fully saturated rings. The molecule has 0 spiro atoms. The quantitative estimate of drug-likeness (QED) is 0.745. The molecule has 0 aromatic heterocycles. The first-order valence-corrected chi connectivity index (χ1v) is 8.62. The normalized spacial score (nSPS) is 16.1. The summed E-state index contributed by atoms with van der Waals surface area (Å²) in [5, 5.41) is 0. The maximum Gasteiger partial charge on any atom is 0.325 e. The molecule has 0 saturated heterocycles. The largest absolute Gasteiger partial charge is 0.497 e. The van der Waals surface area contributed by atoms with Crippen molar-refractivity contribution in [2.75, 3.05) is 20.8 Å². The number of methoxy groups -OCH3 is 2. The first kappa shape index (κ1) is 19.2. The number of benzene rings is 2. The summed E-state index contributed by atoms with van der Waals surface area (Å²) in [6, 6.07) is 14.7. The summed E-state index contributed by atoms with van der Waals surface area (Å²) in [5.41, 5.74) is 1.06.